The van der Waals surface area contributed by atoms with Crippen molar-refractivity contribution in [2.45, 2.75) is 38.0 Å². The third-order valence-electron chi connectivity index (χ3n) is 5.40. The highest BCUT2D eigenvalue weighted by atomic mass is 32.2. The molecule has 2 aromatic heterocycles. The molecule has 8 nitrogen and oxygen atoms in total. The number of aryl methyl sites for hydroxylation is 1. The average molecular weight is 466 g/mol. The lowest BCUT2D eigenvalue weighted by Gasteiger charge is -2.15. The van der Waals surface area contributed by atoms with Crippen molar-refractivity contribution in [3.05, 3.63) is 77.5 Å². The van der Waals surface area contributed by atoms with Crippen molar-refractivity contribution in [2.75, 3.05) is 0 Å². The number of nitrogens with zero attached hydrogens (tertiary/aromatic N) is 2. The lowest BCUT2D eigenvalue weighted by molar-refractivity contribution is -0.119. The molecule has 0 aliphatic rings. The number of aromatic nitrogens is 2. The van der Waals surface area contributed by atoms with Crippen LogP contribution >= 0.6 is 0 Å². The number of sulfone groups is 1. The van der Waals surface area contributed by atoms with Gasteiger partial charge in [0.2, 0.25) is 11.8 Å². The summed E-state index contributed by atoms with van der Waals surface area (Å²) in [5, 5.41) is 6.66. The number of benzene rings is 2. The van der Waals surface area contributed by atoms with Gasteiger partial charge in [0.15, 0.2) is 15.6 Å². The Balaban J connectivity index is 1.81. The van der Waals surface area contributed by atoms with E-state index in [0.717, 1.165) is 16.7 Å². The zero-order valence-electron chi connectivity index (χ0n) is 18.5. The molecule has 4 aromatic rings. The van der Waals surface area contributed by atoms with Gasteiger partial charge in [0.05, 0.1) is 16.8 Å². The first-order chi connectivity index (χ1) is 15.8. The first-order valence-corrected chi connectivity index (χ1v) is 11.9. The molecule has 0 saturated carbocycles. The Morgan fingerprint density at radius 2 is 1.88 bits per heavy atom. The minimum atomic E-state index is -3.75. The molecular weight excluding hydrogens is 442 g/mol. The molecule has 0 unspecified atom stereocenters. The van der Waals surface area contributed by atoms with Crippen LogP contribution in [-0.2, 0) is 26.9 Å². The summed E-state index contributed by atoms with van der Waals surface area (Å²) in [5.74, 6) is 0.258. The van der Waals surface area contributed by atoms with Crippen molar-refractivity contribution in [3.63, 3.8) is 0 Å². The molecule has 4 rings (SSSR count). The molecule has 0 spiro atoms. The van der Waals surface area contributed by atoms with Gasteiger partial charge in [-0.25, -0.2) is 13.4 Å². The highest BCUT2D eigenvalue weighted by Crippen LogP contribution is 2.34. The van der Waals surface area contributed by atoms with Crippen LogP contribution in [0.4, 0.5) is 0 Å². The van der Waals surface area contributed by atoms with Crippen LogP contribution in [0.2, 0.25) is 0 Å². The van der Waals surface area contributed by atoms with Gasteiger partial charge in [0.25, 0.3) is 0 Å². The molecule has 2 aromatic carbocycles. The molecule has 1 N–H and O–H groups in total. The first-order valence-electron chi connectivity index (χ1n) is 10.3. The quantitative estimate of drug-likeness (QED) is 0.434. The van der Waals surface area contributed by atoms with E-state index >= 15 is 0 Å². The van der Waals surface area contributed by atoms with E-state index in [1.54, 1.807) is 44.3 Å². The van der Waals surface area contributed by atoms with E-state index in [9.17, 15) is 13.2 Å². The fourth-order valence-corrected chi connectivity index (χ4v) is 5.10. The number of oxazole rings is 1. The van der Waals surface area contributed by atoms with Crippen LogP contribution < -0.4 is 5.32 Å². The molecule has 0 bridgehead atoms. The van der Waals surface area contributed by atoms with Gasteiger partial charge in [-0.1, -0.05) is 29.4 Å². The van der Waals surface area contributed by atoms with E-state index in [1.807, 2.05) is 18.2 Å². The molecule has 1 amide bonds. The maximum atomic E-state index is 13.4. The number of carbonyl (C=O) groups excluding carboxylic acids is 1. The second kappa shape index (κ2) is 9.03. The second-order valence-corrected chi connectivity index (χ2v) is 9.65. The van der Waals surface area contributed by atoms with Crippen LogP contribution in [0.5, 0.6) is 0 Å². The van der Waals surface area contributed by atoms with Crippen molar-refractivity contribution in [1.29, 1.82) is 0 Å². The van der Waals surface area contributed by atoms with Gasteiger partial charge in [0.1, 0.15) is 12.0 Å². The fourth-order valence-electron chi connectivity index (χ4n) is 3.53. The molecule has 0 aliphatic carbocycles. The second-order valence-electron chi connectivity index (χ2n) is 7.69. The van der Waals surface area contributed by atoms with Gasteiger partial charge >= 0.3 is 0 Å². The van der Waals surface area contributed by atoms with Crippen molar-refractivity contribution >= 4 is 15.7 Å². The Labute approximate surface area is 191 Å². The predicted octanol–water partition coefficient (Wildman–Crippen LogP) is 4.22. The largest absolute Gasteiger partial charge is 0.445 e. The molecule has 0 atom stereocenters. The zero-order chi connectivity index (χ0) is 23.6. The van der Waals surface area contributed by atoms with Crippen LogP contribution in [0.25, 0.3) is 22.6 Å². The van der Waals surface area contributed by atoms with Crippen molar-refractivity contribution in [3.8, 4) is 22.6 Å². The minimum absolute atomic E-state index is 0.173. The van der Waals surface area contributed by atoms with E-state index < -0.39 is 9.84 Å². The van der Waals surface area contributed by atoms with E-state index in [1.165, 1.54) is 13.2 Å². The van der Waals surface area contributed by atoms with Gasteiger partial charge in [-0.2, -0.15) is 0 Å². The van der Waals surface area contributed by atoms with Gasteiger partial charge in [0, 0.05) is 30.2 Å². The molecule has 170 valence electrons. The summed E-state index contributed by atoms with van der Waals surface area (Å²) in [7, 11) is -3.75. The number of rotatable bonds is 7. The number of amides is 1. The molecule has 0 fully saturated rings. The maximum absolute atomic E-state index is 13.4. The zero-order valence-corrected chi connectivity index (χ0v) is 19.3. The first kappa shape index (κ1) is 22.5. The van der Waals surface area contributed by atoms with Crippen LogP contribution in [0.15, 0.2) is 68.8 Å². The van der Waals surface area contributed by atoms with E-state index in [4.69, 9.17) is 8.94 Å². The molecule has 9 heteroatoms. The third-order valence-corrected chi connectivity index (χ3v) is 7.07. The number of carbonyl (C=O) groups is 1. The average Bonchev–Trinajstić information content (AvgIpc) is 3.44. The van der Waals surface area contributed by atoms with Gasteiger partial charge in [-0.15, -0.1) is 0 Å². The Kier molecular flexibility index (Phi) is 6.15. The van der Waals surface area contributed by atoms with Crippen molar-refractivity contribution < 1.29 is 22.2 Å². The summed E-state index contributed by atoms with van der Waals surface area (Å²) in [4.78, 5) is 15.9. The molecule has 33 heavy (non-hydrogen) atoms. The summed E-state index contributed by atoms with van der Waals surface area (Å²) in [6.07, 6.45) is 3.03. The smallest absolute Gasteiger partial charge is 0.225 e. The van der Waals surface area contributed by atoms with Gasteiger partial charge in [-0.3, -0.25) is 4.79 Å². The molecule has 0 saturated heterocycles. The molecule has 2 heterocycles. The summed E-state index contributed by atoms with van der Waals surface area (Å²) in [6, 6.07) is 12.3. The summed E-state index contributed by atoms with van der Waals surface area (Å²) >= 11 is 0. The summed E-state index contributed by atoms with van der Waals surface area (Å²) in [5.41, 5.74) is 4.05. The summed E-state index contributed by atoms with van der Waals surface area (Å²) in [6.45, 7) is 5.20. The van der Waals surface area contributed by atoms with E-state index in [2.05, 4.69) is 15.5 Å². The highest BCUT2D eigenvalue weighted by molar-refractivity contribution is 7.90. The van der Waals surface area contributed by atoms with Crippen molar-refractivity contribution in [2.24, 2.45) is 0 Å². The minimum Gasteiger partial charge on any atom is -0.445 e. The van der Waals surface area contributed by atoms with E-state index in [0.29, 0.717) is 28.5 Å². The van der Waals surface area contributed by atoms with Crippen LogP contribution in [-0.4, -0.2) is 24.5 Å². The molecule has 0 aliphatic heterocycles. The monoisotopic (exact) mass is 465 g/mol. The predicted molar refractivity (Wildman–Crippen MR) is 122 cm³/mol. The third kappa shape index (κ3) is 4.73. The normalized spacial score (nSPS) is 11.5. The fraction of sp³-hybridized carbons (Fsp3) is 0.208. The Morgan fingerprint density at radius 1 is 1.09 bits per heavy atom. The number of nitrogens with one attached hydrogen (secondary N) is 1. The summed E-state index contributed by atoms with van der Waals surface area (Å²) < 4.78 is 37.5. The highest BCUT2D eigenvalue weighted by Gasteiger charge is 2.25. The topological polar surface area (TPSA) is 115 Å². The Hall–Kier alpha value is -3.72. The van der Waals surface area contributed by atoms with Crippen LogP contribution in [0, 0.1) is 13.8 Å². The van der Waals surface area contributed by atoms with Crippen LogP contribution in [0.3, 0.4) is 0 Å². The van der Waals surface area contributed by atoms with Gasteiger partial charge < -0.3 is 14.3 Å². The maximum Gasteiger partial charge on any atom is 0.225 e. The van der Waals surface area contributed by atoms with E-state index in [-0.39, 0.29) is 23.1 Å². The molecule has 0 radical (unpaired) electrons. The van der Waals surface area contributed by atoms with Crippen LogP contribution in [0.1, 0.15) is 29.5 Å². The lowest BCUT2D eigenvalue weighted by atomic mass is 9.97. The van der Waals surface area contributed by atoms with Gasteiger partial charge in [-0.05, 0) is 43.2 Å². The lowest BCUT2D eigenvalue weighted by Crippen LogP contribution is -2.19. The Morgan fingerprint density at radius 3 is 2.55 bits per heavy atom. The Bertz CT molecular complexity index is 1410. The molecular formula is C24H23N3O5S. The number of hydrogen-bond donors (Lipinski definition) is 1. The SMILES string of the molecule is CC(=O)NCc1cc(-c2ncco2)ccc1-c1ccccc1S(=O)(=O)Cc1onc(C)c1C. The van der Waals surface area contributed by atoms with Crippen molar-refractivity contribution in [1.82, 2.24) is 15.5 Å². The standard InChI is InChI=1S/C24H23N3O5S/c1-15-16(2)27-32-22(15)14-33(29,30)23-7-5-4-6-21(23)20-9-8-18(24-25-10-11-31-24)12-19(20)13-26-17(3)28/h4-12H,13-14H2,1-3H3,(H,26,28). The number of hydrogen-bond acceptors (Lipinski definition) is 7.